The molecule has 0 aliphatic heterocycles. The molecule has 0 saturated heterocycles. The molecule has 0 amide bonds. The Balaban J connectivity index is 2.10. The van der Waals surface area contributed by atoms with Gasteiger partial charge in [-0.15, -0.1) is 0 Å². The van der Waals surface area contributed by atoms with Crippen LogP contribution in [0.15, 0.2) is 18.2 Å². The maximum atomic E-state index is 5.97. The number of anilines is 2. The van der Waals surface area contributed by atoms with E-state index in [1.54, 1.807) is 13.2 Å². The molecule has 2 atom stereocenters. The topological polar surface area (TPSA) is 47.3 Å². The van der Waals surface area contributed by atoms with E-state index in [9.17, 15) is 0 Å². The highest BCUT2D eigenvalue weighted by molar-refractivity contribution is 6.31. The van der Waals surface area contributed by atoms with Crippen LogP contribution in [0.5, 0.6) is 0 Å². The number of nitrogens with one attached hydrogen (secondary N) is 1. The molecule has 0 radical (unpaired) electrons. The van der Waals surface area contributed by atoms with Gasteiger partial charge in [0.25, 0.3) is 0 Å². The van der Waals surface area contributed by atoms with Gasteiger partial charge >= 0.3 is 0 Å². The fraction of sp³-hybridized carbons (Fsp3) is 0.538. The second-order valence-electron chi connectivity index (χ2n) is 5.21. The monoisotopic (exact) mass is 254 g/mol. The van der Waals surface area contributed by atoms with E-state index in [1.165, 1.54) is 0 Å². The SMILES string of the molecule is COC1CC(Nc2cc(Cl)ccc2N)C1(C)C. The Morgan fingerprint density at radius 2 is 2.18 bits per heavy atom. The van der Waals surface area contributed by atoms with Gasteiger partial charge in [-0.2, -0.15) is 0 Å². The molecule has 1 aromatic carbocycles. The van der Waals surface area contributed by atoms with Crippen LogP contribution in [0.1, 0.15) is 20.3 Å². The molecule has 4 heteroatoms. The number of hydrogen-bond donors (Lipinski definition) is 2. The minimum absolute atomic E-state index is 0.115. The van der Waals surface area contributed by atoms with Gasteiger partial charge in [0.05, 0.1) is 17.5 Å². The molecule has 0 bridgehead atoms. The van der Waals surface area contributed by atoms with Crippen LogP contribution in [0.3, 0.4) is 0 Å². The van der Waals surface area contributed by atoms with E-state index in [4.69, 9.17) is 22.1 Å². The average Bonchev–Trinajstić information content (AvgIpc) is 2.28. The van der Waals surface area contributed by atoms with Crippen LogP contribution in [0.2, 0.25) is 5.02 Å². The van der Waals surface area contributed by atoms with Gasteiger partial charge in [-0.05, 0) is 24.6 Å². The summed E-state index contributed by atoms with van der Waals surface area (Å²) in [6.07, 6.45) is 1.30. The second-order valence-corrected chi connectivity index (χ2v) is 5.65. The Bertz CT molecular complexity index is 420. The van der Waals surface area contributed by atoms with E-state index in [2.05, 4.69) is 19.2 Å². The van der Waals surface area contributed by atoms with Gasteiger partial charge in [-0.25, -0.2) is 0 Å². The van der Waals surface area contributed by atoms with Gasteiger partial charge in [0.1, 0.15) is 0 Å². The zero-order chi connectivity index (χ0) is 12.6. The Morgan fingerprint density at radius 1 is 1.47 bits per heavy atom. The molecule has 1 aromatic rings. The van der Waals surface area contributed by atoms with Crippen LogP contribution in [-0.2, 0) is 4.74 Å². The Kier molecular flexibility index (Phi) is 3.23. The third-order valence-electron chi connectivity index (χ3n) is 3.81. The fourth-order valence-corrected chi connectivity index (χ4v) is 2.54. The minimum atomic E-state index is 0.115. The quantitative estimate of drug-likeness (QED) is 0.815. The normalized spacial score (nSPS) is 26.4. The fourth-order valence-electron chi connectivity index (χ4n) is 2.37. The first-order valence-corrected chi connectivity index (χ1v) is 6.17. The summed E-state index contributed by atoms with van der Waals surface area (Å²) >= 11 is 5.97. The van der Waals surface area contributed by atoms with Crippen molar-refractivity contribution in [2.75, 3.05) is 18.2 Å². The maximum Gasteiger partial charge on any atom is 0.0661 e. The van der Waals surface area contributed by atoms with E-state index < -0.39 is 0 Å². The summed E-state index contributed by atoms with van der Waals surface area (Å²) in [6, 6.07) is 5.86. The van der Waals surface area contributed by atoms with Crippen molar-refractivity contribution in [1.82, 2.24) is 0 Å². The highest BCUT2D eigenvalue weighted by atomic mass is 35.5. The number of benzene rings is 1. The average molecular weight is 255 g/mol. The molecule has 3 nitrogen and oxygen atoms in total. The van der Waals surface area contributed by atoms with E-state index in [-0.39, 0.29) is 5.41 Å². The number of nitrogens with two attached hydrogens (primary N) is 1. The zero-order valence-corrected chi connectivity index (χ0v) is 11.2. The van der Waals surface area contributed by atoms with Gasteiger partial charge in [0.2, 0.25) is 0 Å². The highest BCUT2D eigenvalue weighted by Gasteiger charge is 2.48. The van der Waals surface area contributed by atoms with Gasteiger partial charge < -0.3 is 15.8 Å². The third-order valence-corrected chi connectivity index (χ3v) is 4.04. The summed E-state index contributed by atoms with van der Waals surface area (Å²) < 4.78 is 5.43. The highest BCUT2D eigenvalue weighted by Crippen LogP contribution is 2.44. The molecule has 0 heterocycles. The van der Waals surface area contributed by atoms with Crippen LogP contribution in [0, 0.1) is 5.41 Å². The smallest absolute Gasteiger partial charge is 0.0661 e. The van der Waals surface area contributed by atoms with E-state index in [1.807, 2.05) is 12.1 Å². The Labute approximate surface area is 107 Å². The lowest BCUT2D eigenvalue weighted by Gasteiger charge is -2.51. The Morgan fingerprint density at radius 3 is 2.76 bits per heavy atom. The molecule has 2 unspecified atom stereocenters. The van der Waals surface area contributed by atoms with Crippen molar-refractivity contribution in [2.24, 2.45) is 5.41 Å². The molecular weight excluding hydrogens is 236 g/mol. The van der Waals surface area contributed by atoms with Crippen molar-refractivity contribution in [3.8, 4) is 0 Å². The first-order valence-electron chi connectivity index (χ1n) is 5.79. The second kappa shape index (κ2) is 4.39. The van der Waals surface area contributed by atoms with E-state index in [0.29, 0.717) is 17.2 Å². The van der Waals surface area contributed by atoms with Crippen molar-refractivity contribution in [2.45, 2.75) is 32.4 Å². The van der Waals surface area contributed by atoms with Crippen molar-refractivity contribution >= 4 is 23.0 Å². The van der Waals surface area contributed by atoms with Crippen molar-refractivity contribution in [3.63, 3.8) is 0 Å². The molecule has 2 rings (SSSR count). The summed E-state index contributed by atoms with van der Waals surface area (Å²) in [6.45, 7) is 4.39. The number of halogens is 1. The van der Waals surface area contributed by atoms with Crippen LogP contribution < -0.4 is 11.1 Å². The molecule has 3 N–H and O–H groups in total. The summed E-state index contributed by atoms with van der Waals surface area (Å²) in [5.74, 6) is 0. The molecular formula is C13H19ClN2O. The van der Waals surface area contributed by atoms with Crippen LogP contribution >= 0.6 is 11.6 Å². The van der Waals surface area contributed by atoms with Crippen LogP contribution in [0.25, 0.3) is 0 Å². The lowest BCUT2D eigenvalue weighted by molar-refractivity contribution is -0.0794. The summed E-state index contributed by atoms with van der Waals surface area (Å²) in [5.41, 5.74) is 7.67. The van der Waals surface area contributed by atoms with Crippen LogP contribution in [-0.4, -0.2) is 19.3 Å². The lowest BCUT2D eigenvalue weighted by atomic mass is 9.64. The van der Waals surface area contributed by atoms with Gasteiger partial charge in [0, 0.05) is 23.6 Å². The van der Waals surface area contributed by atoms with Gasteiger partial charge in [-0.3, -0.25) is 0 Å². The molecule has 94 valence electrons. The summed E-state index contributed by atoms with van der Waals surface area (Å²) in [7, 11) is 1.76. The van der Waals surface area contributed by atoms with Crippen molar-refractivity contribution in [1.29, 1.82) is 0 Å². The molecule has 1 aliphatic carbocycles. The number of methoxy groups -OCH3 is 1. The van der Waals surface area contributed by atoms with E-state index >= 15 is 0 Å². The predicted octanol–water partition coefficient (Wildman–Crippen LogP) is 3.15. The maximum absolute atomic E-state index is 5.97. The number of ether oxygens (including phenoxy) is 1. The molecule has 1 saturated carbocycles. The minimum Gasteiger partial charge on any atom is -0.397 e. The molecule has 1 fully saturated rings. The molecule has 0 spiro atoms. The number of hydrogen-bond acceptors (Lipinski definition) is 3. The van der Waals surface area contributed by atoms with Crippen molar-refractivity contribution < 1.29 is 4.74 Å². The first-order chi connectivity index (χ1) is 7.95. The standard InChI is InChI=1S/C13H19ClN2O/c1-13(2)11(7-12(13)17-3)16-10-6-8(14)4-5-9(10)15/h4-6,11-12,16H,7,15H2,1-3H3. The van der Waals surface area contributed by atoms with Gasteiger partial charge in [0.15, 0.2) is 0 Å². The lowest BCUT2D eigenvalue weighted by Crippen LogP contribution is -2.57. The summed E-state index contributed by atoms with van der Waals surface area (Å²) in [5, 5.41) is 4.15. The molecule has 0 aromatic heterocycles. The largest absolute Gasteiger partial charge is 0.397 e. The third kappa shape index (κ3) is 2.22. The molecule has 17 heavy (non-hydrogen) atoms. The Hall–Kier alpha value is -0.930. The predicted molar refractivity (Wildman–Crippen MR) is 72.5 cm³/mol. The van der Waals surface area contributed by atoms with Crippen LogP contribution in [0.4, 0.5) is 11.4 Å². The molecule has 1 aliphatic rings. The first kappa shape index (κ1) is 12.5. The summed E-state index contributed by atoms with van der Waals surface area (Å²) in [4.78, 5) is 0. The zero-order valence-electron chi connectivity index (χ0n) is 10.5. The van der Waals surface area contributed by atoms with Gasteiger partial charge in [-0.1, -0.05) is 25.4 Å². The number of nitrogen functional groups attached to an aromatic ring is 1. The number of rotatable bonds is 3. The van der Waals surface area contributed by atoms with Crippen molar-refractivity contribution in [3.05, 3.63) is 23.2 Å². The van der Waals surface area contributed by atoms with E-state index in [0.717, 1.165) is 17.8 Å².